The maximum Gasteiger partial charge on any atom is 0.261 e. The van der Waals surface area contributed by atoms with Gasteiger partial charge < -0.3 is 9.64 Å². The fourth-order valence-corrected chi connectivity index (χ4v) is 2.65. The van der Waals surface area contributed by atoms with Crippen LogP contribution in [0.1, 0.15) is 5.56 Å². The van der Waals surface area contributed by atoms with Crippen molar-refractivity contribution in [1.29, 1.82) is 10.5 Å². The Morgan fingerprint density at radius 2 is 1.67 bits per heavy atom. The molecule has 0 bridgehead atoms. The van der Waals surface area contributed by atoms with Crippen LogP contribution in [0.15, 0.2) is 60.2 Å². The van der Waals surface area contributed by atoms with Gasteiger partial charge in [-0.1, -0.05) is 36.4 Å². The van der Waals surface area contributed by atoms with Crippen molar-refractivity contribution in [2.45, 2.75) is 0 Å². The van der Waals surface area contributed by atoms with E-state index in [1.54, 1.807) is 23.1 Å². The zero-order valence-corrected chi connectivity index (χ0v) is 12.8. The van der Waals surface area contributed by atoms with Crippen LogP contribution in [0, 0.1) is 22.7 Å². The standard InChI is InChI=1S/C19H13N3O2/c20-12-14(13-21)18-16-8-4-5-9-17(16)22(19(18)23)10-11-24-15-6-2-1-3-7-15/h1-9H,10-11H2. The van der Waals surface area contributed by atoms with Crippen LogP contribution >= 0.6 is 0 Å². The molecule has 0 aromatic heterocycles. The highest BCUT2D eigenvalue weighted by molar-refractivity contribution is 6.34. The first kappa shape index (κ1) is 15.3. The summed E-state index contributed by atoms with van der Waals surface area (Å²) in [5, 5.41) is 18.2. The molecule has 1 aliphatic rings. The molecule has 1 heterocycles. The van der Waals surface area contributed by atoms with E-state index in [0.29, 0.717) is 24.4 Å². The Morgan fingerprint density at radius 3 is 2.38 bits per heavy atom. The van der Waals surface area contributed by atoms with E-state index >= 15 is 0 Å². The summed E-state index contributed by atoms with van der Waals surface area (Å²) in [6.07, 6.45) is 0. The van der Waals surface area contributed by atoms with E-state index in [1.807, 2.05) is 48.5 Å². The maximum atomic E-state index is 12.7. The number of nitrogens with zero attached hydrogens (tertiary/aromatic N) is 3. The van der Waals surface area contributed by atoms with E-state index in [2.05, 4.69) is 0 Å². The molecule has 0 unspecified atom stereocenters. The summed E-state index contributed by atoms with van der Waals surface area (Å²) in [5.74, 6) is 0.383. The van der Waals surface area contributed by atoms with Crippen molar-refractivity contribution >= 4 is 17.2 Å². The zero-order valence-electron chi connectivity index (χ0n) is 12.8. The number of amides is 1. The molecule has 3 rings (SSSR count). The molecule has 0 saturated carbocycles. The molecular weight excluding hydrogens is 302 g/mol. The normalized spacial score (nSPS) is 12.3. The molecule has 2 aromatic rings. The number of fused-ring (bicyclic) bond motifs is 1. The lowest BCUT2D eigenvalue weighted by Crippen LogP contribution is -2.31. The van der Waals surface area contributed by atoms with E-state index in [1.165, 1.54) is 0 Å². The summed E-state index contributed by atoms with van der Waals surface area (Å²) in [5.41, 5.74) is 1.30. The average molecular weight is 315 g/mol. The highest BCUT2D eigenvalue weighted by atomic mass is 16.5. The van der Waals surface area contributed by atoms with Gasteiger partial charge in [0.15, 0.2) is 0 Å². The highest BCUT2D eigenvalue weighted by Gasteiger charge is 2.34. The molecule has 0 radical (unpaired) electrons. The van der Waals surface area contributed by atoms with E-state index in [-0.39, 0.29) is 17.1 Å². The van der Waals surface area contributed by atoms with Crippen LogP contribution < -0.4 is 9.64 Å². The Bertz CT molecular complexity index is 873. The molecule has 0 saturated heterocycles. The Hall–Kier alpha value is -3.57. The number of carbonyl (C=O) groups excluding carboxylic acids is 1. The Morgan fingerprint density at radius 1 is 1.00 bits per heavy atom. The van der Waals surface area contributed by atoms with Crippen LogP contribution in [0.2, 0.25) is 0 Å². The van der Waals surface area contributed by atoms with Gasteiger partial charge in [-0.25, -0.2) is 0 Å². The van der Waals surface area contributed by atoms with Gasteiger partial charge in [-0.05, 0) is 18.2 Å². The summed E-state index contributed by atoms with van der Waals surface area (Å²) in [6.45, 7) is 0.643. The summed E-state index contributed by atoms with van der Waals surface area (Å²) >= 11 is 0. The van der Waals surface area contributed by atoms with Gasteiger partial charge in [-0.3, -0.25) is 4.79 Å². The number of benzene rings is 2. The van der Waals surface area contributed by atoms with Crippen molar-refractivity contribution in [3.05, 3.63) is 65.7 Å². The predicted octanol–water partition coefficient (Wildman–Crippen LogP) is 2.91. The minimum atomic E-state index is -0.342. The van der Waals surface area contributed by atoms with Crippen LogP contribution in [0.3, 0.4) is 0 Å². The molecule has 1 amide bonds. The van der Waals surface area contributed by atoms with Crippen molar-refractivity contribution in [1.82, 2.24) is 0 Å². The lowest BCUT2D eigenvalue weighted by Gasteiger charge is -2.17. The van der Waals surface area contributed by atoms with E-state index in [0.717, 1.165) is 5.75 Å². The molecule has 0 spiro atoms. The van der Waals surface area contributed by atoms with Crippen molar-refractivity contribution < 1.29 is 9.53 Å². The summed E-state index contributed by atoms with van der Waals surface area (Å²) < 4.78 is 5.64. The number of nitriles is 2. The third-order valence-electron chi connectivity index (χ3n) is 3.72. The fourth-order valence-electron chi connectivity index (χ4n) is 2.65. The first-order valence-electron chi connectivity index (χ1n) is 7.40. The monoisotopic (exact) mass is 315 g/mol. The highest BCUT2D eigenvalue weighted by Crippen LogP contribution is 2.37. The number of hydrogen-bond donors (Lipinski definition) is 0. The second-order valence-corrected chi connectivity index (χ2v) is 5.11. The number of allylic oxidation sites excluding steroid dienone is 1. The van der Waals surface area contributed by atoms with Gasteiger partial charge in [0.25, 0.3) is 5.91 Å². The summed E-state index contributed by atoms with van der Waals surface area (Å²) in [7, 11) is 0. The number of para-hydroxylation sites is 2. The first-order chi connectivity index (χ1) is 11.8. The number of hydrogen-bond acceptors (Lipinski definition) is 4. The van der Waals surface area contributed by atoms with E-state index in [4.69, 9.17) is 15.3 Å². The van der Waals surface area contributed by atoms with Crippen LogP contribution in [0.5, 0.6) is 5.75 Å². The second-order valence-electron chi connectivity index (χ2n) is 5.11. The second kappa shape index (κ2) is 6.68. The number of carbonyl (C=O) groups is 1. The predicted molar refractivity (Wildman–Crippen MR) is 88.9 cm³/mol. The summed E-state index contributed by atoms with van der Waals surface area (Å²) in [6, 6.07) is 20.1. The number of anilines is 1. The zero-order chi connectivity index (χ0) is 16.9. The quantitative estimate of drug-likeness (QED) is 0.642. The fraction of sp³-hybridized carbons (Fsp3) is 0.105. The Labute approximate surface area is 139 Å². The molecule has 24 heavy (non-hydrogen) atoms. The van der Waals surface area contributed by atoms with Gasteiger partial charge in [-0.2, -0.15) is 10.5 Å². The molecule has 0 aliphatic carbocycles. The lowest BCUT2D eigenvalue weighted by atomic mass is 10.0. The maximum absolute atomic E-state index is 12.7. The van der Waals surface area contributed by atoms with E-state index < -0.39 is 0 Å². The van der Waals surface area contributed by atoms with Crippen molar-refractivity contribution in [2.24, 2.45) is 0 Å². The first-order valence-corrected chi connectivity index (χ1v) is 7.40. The largest absolute Gasteiger partial charge is 0.492 e. The van der Waals surface area contributed by atoms with Crippen LogP contribution in [-0.4, -0.2) is 19.1 Å². The van der Waals surface area contributed by atoms with Gasteiger partial charge in [0.1, 0.15) is 30.1 Å². The third kappa shape index (κ3) is 2.71. The topological polar surface area (TPSA) is 77.1 Å². The minimum Gasteiger partial charge on any atom is -0.492 e. The molecule has 0 fully saturated rings. The van der Waals surface area contributed by atoms with Crippen molar-refractivity contribution in [3.63, 3.8) is 0 Å². The van der Waals surface area contributed by atoms with Crippen molar-refractivity contribution in [3.8, 4) is 17.9 Å². The molecule has 5 nitrogen and oxygen atoms in total. The molecule has 116 valence electrons. The van der Waals surface area contributed by atoms with Gasteiger partial charge >= 0.3 is 0 Å². The Kier molecular flexibility index (Phi) is 4.27. The molecule has 0 N–H and O–H groups in total. The molecule has 0 atom stereocenters. The SMILES string of the molecule is N#CC(C#N)=C1C(=O)N(CCOc2ccccc2)c2ccccc21. The van der Waals surface area contributed by atoms with Gasteiger partial charge in [0.05, 0.1) is 17.8 Å². The number of rotatable bonds is 4. The van der Waals surface area contributed by atoms with Gasteiger partial charge in [0, 0.05) is 5.56 Å². The third-order valence-corrected chi connectivity index (χ3v) is 3.72. The van der Waals surface area contributed by atoms with E-state index in [9.17, 15) is 4.79 Å². The molecular formula is C19H13N3O2. The van der Waals surface area contributed by atoms with Gasteiger partial charge in [0.2, 0.25) is 0 Å². The average Bonchev–Trinajstić information content (AvgIpc) is 2.90. The molecule has 2 aromatic carbocycles. The Balaban J connectivity index is 1.85. The van der Waals surface area contributed by atoms with Crippen molar-refractivity contribution in [2.75, 3.05) is 18.1 Å². The molecule has 1 aliphatic heterocycles. The summed E-state index contributed by atoms with van der Waals surface area (Å²) in [4.78, 5) is 14.2. The number of ether oxygens (including phenoxy) is 1. The van der Waals surface area contributed by atoms with Crippen LogP contribution in [0.4, 0.5) is 5.69 Å². The van der Waals surface area contributed by atoms with Gasteiger partial charge in [-0.15, -0.1) is 0 Å². The lowest BCUT2D eigenvalue weighted by molar-refractivity contribution is -0.113. The minimum absolute atomic E-state index is 0.162. The smallest absolute Gasteiger partial charge is 0.261 e. The van der Waals surface area contributed by atoms with Crippen LogP contribution in [0.25, 0.3) is 5.57 Å². The van der Waals surface area contributed by atoms with Crippen LogP contribution in [-0.2, 0) is 4.79 Å². The molecule has 5 heteroatoms.